The van der Waals surface area contributed by atoms with E-state index in [0.717, 1.165) is 5.56 Å². The summed E-state index contributed by atoms with van der Waals surface area (Å²) >= 11 is 0. The molecule has 0 aromatic heterocycles. The van der Waals surface area contributed by atoms with Gasteiger partial charge in [-0.3, -0.25) is 4.79 Å². The fourth-order valence-corrected chi connectivity index (χ4v) is 2.02. The molecule has 3 N–H and O–H groups in total. The molecule has 2 atom stereocenters. The standard InChI is InChI=1S/C16H23NO5/c1-10(2)8-14(18)15(19)17-13(16(20)21)9-11-4-6-12(22-3)7-5-11/h4-7,10,13-14,18H,8-9H2,1-3H3,(H,17,19)(H,20,21)/t13-,14-/m0/s1. The van der Waals surface area contributed by atoms with Crippen LogP contribution in [0.1, 0.15) is 25.8 Å². The first-order chi connectivity index (χ1) is 10.3. The third-order valence-corrected chi connectivity index (χ3v) is 3.21. The molecule has 0 fully saturated rings. The van der Waals surface area contributed by atoms with Crippen LogP contribution < -0.4 is 10.1 Å². The molecule has 1 aromatic rings. The number of amides is 1. The highest BCUT2D eigenvalue weighted by Gasteiger charge is 2.24. The third-order valence-electron chi connectivity index (χ3n) is 3.21. The lowest BCUT2D eigenvalue weighted by Crippen LogP contribution is -2.46. The van der Waals surface area contributed by atoms with Crippen LogP contribution >= 0.6 is 0 Å². The normalized spacial score (nSPS) is 13.5. The topological polar surface area (TPSA) is 95.9 Å². The van der Waals surface area contributed by atoms with Crippen LogP contribution in [0, 0.1) is 5.92 Å². The van der Waals surface area contributed by atoms with Gasteiger partial charge in [0.1, 0.15) is 17.9 Å². The zero-order valence-corrected chi connectivity index (χ0v) is 13.1. The monoisotopic (exact) mass is 309 g/mol. The number of carboxylic acid groups (broad SMARTS) is 1. The average Bonchev–Trinajstić information content (AvgIpc) is 2.46. The van der Waals surface area contributed by atoms with Gasteiger partial charge in [-0.05, 0) is 30.0 Å². The highest BCUT2D eigenvalue weighted by molar-refractivity contribution is 5.86. The van der Waals surface area contributed by atoms with Crippen molar-refractivity contribution in [3.05, 3.63) is 29.8 Å². The van der Waals surface area contributed by atoms with E-state index in [2.05, 4.69) is 5.32 Å². The van der Waals surface area contributed by atoms with Crippen molar-refractivity contribution in [2.75, 3.05) is 7.11 Å². The van der Waals surface area contributed by atoms with Gasteiger partial charge in [-0.25, -0.2) is 4.79 Å². The summed E-state index contributed by atoms with van der Waals surface area (Å²) < 4.78 is 5.04. The summed E-state index contributed by atoms with van der Waals surface area (Å²) in [6, 6.07) is 5.85. The molecule has 0 saturated heterocycles. The second-order valence-corrected chi connectivity index (χ2v) is 5.60. The highest BCUT2D eigenvalue weighted by atomic mass is 16.5. The molecule has 0 radical (unpaired) electrons. The first-order valence-electron chi connectivity index (χ1n) is 7.17. The molecule has 0 aliphatic carbocycles. The molecule has 0 spiro atoms. The molecule has 6 nitrogen and oxygen atoms in total. The number of nitrogens with one attached hydrogen (secondary N) is 1. The molecular formula is C16H23NO5. The minimum atomic E-state index is -1.20. The van der Waals surface area contributed by atoms with Crippen LogP contribution in [0.4, 0.5) is 0 Å². The van der Waals surface area contributed by atoms with Crippen LogP contribution in [0.25, 0.3) is 0 Å². The van der Waals surface area contributed by atoms with Gasteiger partial charge in [-0.1, -0.05) is 26.0 Å². The Labute approximate surface area is 130 Å². The smallest absolute Gasteiger partial charge is 0.326 e. The molecule has 1 rings (SSSR count). The van der Waals surface area contributed by atoms with E-state index in [0.29, 0.717) is 12.2 Å². The Morgan fingerprint density at radius 2 is 1.82 bits per heavy atom. The van der Waals surface area contributed by atoms with Gasteiger partial charge in [0.2, 0.25) is 5.91 Å². The quantitative estimate of drug-likeness (QED) is 0.671. The van der Waals surface area contributed by atoms with Gasteiger partial charge in [-0.2, -0.15) is 0 Å². The maximum absolute atomic E-state index is 11.8. The molecule has 0 heterocycles. The number of hydrogen-bond donors (Lipinski definition) is 3. The number of methoxy groups -OCH3 is 1. The van der Waals surface area contributed by atoms with Crippen molar-refractivity contribution in [1.82, 2.24) is 5.32 Å². The summed E-state index contributed by atoms with van der Waals surface area (Å²) in [6.07, 6.45) is -0.766. The number of carboxylic acids is 1. The molecule has 0 saturated carbocycles. The first-order valence-corrected chi connectivity index (χ1v) is 7.17. The molecule has 1 amide bonds. The number of aliphatic carboxylic acids is 1. The molecule has 0 aliphatic rings. The van der Waals surface area contributed by atoms with Crippen molar-refractivity contribution in [2.24, 2.45) is 5.92 Å². The number of aliphatic hydroxyl groups is 1. The van der Waals surface area contributed by atoms with Gasteiger partial charge < -0.3 is 20.3 Å². The Morgan fingerprint density at radius 3 is 2.27 bits per heavy atom. The van der Waals surface area contributed by atoms with E-state index < -0.39 is 24.0 Å². The van der Waals surface area contributed by atoms with E-state index in [9.17, 15) is 19.8 Å². The van der Waals surface area contributed by atoms with E-state index in [-0.39, 0.29) is 12.3 Å². The van der Waals surface area contributed by atoms with Crippen LogP contribution in [0.2, 0.25) is 0 Å². The second kappa shape index (κ2) is 8.38. The molecule has 122 valence electrons. The van der Waals surface area contributed by atoms with Crippen molar-refractivity contribution in [1.29, 1.82) is 0 Å². The molecule has 0 bridgehead atoms. The lowest BCUT2D eigenvalue weighted by atomic mass is 10.0. The number of carbonyl (C=O) groups is 2. The van der Waals surface area contributed by atoms with Crippen LogP contribution in [0.15, 0.2) is 24.3 Å². The maximum Gasteiger partial charge on any atom is 0.326 e. The minimum Gasteiger partial charge on any atom is -0.497 e. The van der Waals surface area contributed by atoms with Gasteiger partial charge in [0.05, 0.1) is 7.11 Å². The predicted octanol–water partition coefficient (Wildman–Crippen LogP) is 1.21. The minimum absolute atomic E-state index is 0.138. The van der Waals surface area contributed by atoms with Gasteiger partial charge >= 0.3 is 5.97 Å². The summed E-state index contributed by atoms with van der Waals surface area (Å²) in [5, 5.41) is 21.3. The number of ether oxygens (including phenoxy) is 1. The van der Waals surface area contributed by atoms with Crippen molar-refractivity contribution >= 4 is 11.9 Å². The molecular weight excluding hydrogens is 286 g/mol. The number of hydrogen-bond acceptors (Lipinski definition) is 4. The Balaban J connectivity index is 2.68. The predicted molar refractivity (Wildman–Crippen MR) is 81.7 cm³/mol. The van der Waals surface area contributed by atoms with Crippen molar-refractivity contribution in [3.63, 3.8) is 0 Å². The Bertz CT molecular complexity index is 498. The number of carbonyl (C=O) groups excluding carboxylic acids is 1. The fourth-order valence-electron chi connectivity index (χ4n) is 2.02. The van der Waals surface area contributed by atoms with E-state index in [1.807, 2.05) is 13.8 Å². The summed E-state index contributed by atoms with van der Waals surface area (Å²) in [6.45, 7) is 3.76. The van der Waals surface area contributed by atoms with E-state index in [1.54, 1.807) is 31.4 Å². The van der Waals surface area contributed by atoms with Gasteiger partial charge in [0.25, 0.3) is 0 Å². The van der Waals surface area contributed by atoms with E-state index >= 15 is 0 Å². The molecule has 22 heavy (non-hydrogen) atoms. The molecule has 6 heteroatoms. The summed E-state index contributed by atoms with van der Waals surface area (Å²) in [5.41, 5.74) is 0.756. The molecule has 1 aromatic carbocycles. The van der Waals surface area contributed by atoms with Gasteiger partial charge in [0, 0.05) is 6.42 Å². The number of rotatable bonds is 8. The van der Waals surface area contributed by atoms with Crippen LogP contribution in [0.5, 0.6) is 5.75 Å². The third kappa shape index (κ3) is 5.73. The Hall–Kier alpha value is -2.08. The zero-order valence-electron chi connectivity index (χ0n) is 13.1. The maximum atomic E-state index is 11.8. The van der Waals surface area contributed by atoms with Crippen LogP contribution in [0.3, 0.4) is 0 Å². The Morgan fingerprint density at radius 1 is 1.23 bits per heavy atom. The summed E-state index contributed by atoms with van der Waals surface area (Å²) in [7, 11) is 1.55. The Kier molecular flexibility index (Phi) is 6.85. The largest absolute Gasteiger partial charge is 0.497 e. The first kappa shape index (κ1) is 18.0. The fraction of sp³-hybridized carbons (Fsp3) is 0.500. The van der Waals surface area contributed by atoms with Gasteiger partial charge in [-0.15, -0.1) is 0 Å². The summed E-state index contributed by atoms with van der Waals surface area (Å²) in [5.74, 6) is -0.979. The molecule has 0 unspecified atom stereocenters. The van der Waals surface area contributed by atoms with Crippen molar-refractivity contribution < 1.29 is 24.5 Å². The zero-order chi connectivity index (χ0) is 16.7. The van der Waals surface area contributed by atoms with E-state index in [1.165, 1.54) is 0 Å². The lowest BCUT2D eigenvalue weighted by Gasteiger charge is -2.18. The summed E-state index contributed by atoms with van der Waals surface area (Å²) in [4.78, 5) is 23.1. The van der Waals surface area contributed by atoms with Crippen molar-refractivity contribution in [3.8, 4) is 5.75 Å². The van der Waals surface area contributed by atoms with Gasteiger partial charge in [0.15, 0.2) is 0 Å². The van der Waals surface area contributed by atoms with Crippen LogP contribution in [-0.2, 0) is 16.0 Å². The average molecular weight is 309 g/mol. The molecule has 0 aliphatic heterocycles. The number of aliphatic hydroxyl groups excluding tert-OH is 1. The van der Waals surface area contributed by atoms with Crippen LogP contribution in [-0.4, -0.2) is 41.3 Å². The van der Waals surface area contributed by atoms with E-state index in [4.69, 9.17) is 4.74 Å². The number of benzene rings is 1. The SMILES string of the molecule is COc1ccc(C[C@H](NC(=O)[C@@H](O)CC(C)C)C(=O)O)cc1. The van der Waals surface area contributed by atoms with Crippen molar-refractivity contribution in [2.45, 2.75) is 38.8 Å². The second-order valence-electron chi connectivity index (χ2n) is 5.60. The highest BCUT2D eigenvalue weighted by Crippen LogP contribution is 2.13. The lowest BCUT2D eigenvalue weighted by molar-refractivity contribution is -0.143.